The molecule has 0 bridgehead atoms. The molecule has 3 rings (SSSR count). The van der Waals surface area contributed by atoms with E-state index in [1.807, 2.05) is 27.7 Å². The van der Waals surface area contributed by atoms with E-state index >= 15 is 0 Å². The van der Waals surface area contributed by atoms with E-state index in [0.29, 0.717) is 9.79 Å². The molecular formula is C14H16ClN3OS. The minimum absolute atomic E-state index is 0.127. The Bertz CT molecular complexity index is 700. The van der Waals surface area contributed by atoms with Gasteiger partial charge in [0.05, 0.1) is 11.0 Å². The number of hydrogen-bond acceptors (Lipinski definition) is 2. The molecule has 1 fully saturated rings. The highest BCUT2D eigenvalue weighted by Gasteiger charge is 2.18. The molecule has 1 amide bonds. The van der Waals surface area contributed by atoms with Gasteiger partial charge in [-0.1, -0.05) is 11.6 Å². The molecule has 0 aliphatic carbocycles. The Morgan fingerprint density at radius 2 is 2.05 bits per heavy atom. The zero-order valence-electron chi connectivity index (χ0n) is 11.1. The maximum atomic E-state index is 12.4. The molecule has 2 heterocycles. The highest BCUT2D eigenvalue weighted by molar-refractivity contribution is 7.71. The number of amides is 1. The van der Waals surface area contributed by atoms with Gasteiger partial charge in [0.1, 0.15) is 6.54 Å². The summed E-state index contributed by atoms with van der Waals surface area (Å²) in [4.78, 5) is 17.4. The molecule has 0 saturated carbocycles. The van der Waals surface area contributed by atoms with Gasteiger partial charge in [0.15, 0.2) is 4.77 Å². The Morgan fingerprint density at radius 1 is 1.30 bits per heavy atom. The van der Waals surface area contributed by atoms with Crippen molar-refractivity contribution in [2.75, 3.05) is 13.1 Å². The highest BCUT2D eigenvalue weighted by atomic mass is 35.5. The Hall–Kier alpha value is -1.33. The first-order valence-electron chi connectivity index (χ1n) is 6.81. The number of carbonyl (C=O) groups is 1. The fourth-order valence-electron chi connectivity index (χ4n) is 2.66. The number of carbonyl (C=O) groups excluding carboxylic acids is 1. The van der Waals surface area contributed by atoms with Gasteiger partial charge in [0.25, 0.3) is 0 Å². The molecule has 1 aliphatic rings. The smallest absolute Gasteiger partial charge is 0.242 e. The van der Waals surface area contributed by atoms with Crippen molar-refractivity contribution in [2.45, 2.75) is 25.8 Å². The number of aromatic amines is 1. The van der Waals surface area contributed by atoms with Crippen LogP contribution in [0.1, 0.15) is 19.3 Å². The first-order valence-corrected chi connectivity index (χ1v) is 7.59. The van der Waals surface area contributed by atoms with Gasteiger partial charge < -0.3 is 14.5 Å². The van der Waals surface area contributed by atoms with Crippen LogP contribution in [0.3, 0.4) is 0 Å². The number of aromatic nitrogens is 2. The van der Waals surface area contributed by atoms with Crippen LogP contribution in [0.15, 0.2) is 18.2 Å². The molecule has 0 spiro atoms. The predicted molar refractivity (Wildman–Crippen MR) is 82.6 cm³/mol. The molecule has 4 nitrogen and oxygen atoms in total. The molecule has 20 heavy (non-hydrogen) atoms. The first kappa shape index (κ1) is 13.6. The van der Waals surface area contributed by atoms with Crippen LogP contribution in [0, 0.1) is 4.77 Å². The molecule has 0 unspecified atom stereocenters. The molecule has 1 saturated heterocycles. The lowest BCUT2D eigenvalue weighted by Gasteiger charge is -2.26. The third-order valence-electron chi connectivity index (χ3n) is 3.74. The van der Waals surface area contributed by atoms with Gasteiger partial charge in [0.2, 0.25) is 5.91 Å². The second kappa shape index (κ2) is 5.58. The molecule has 106 valence electrons. The molecule has 0 radical (unpaired) electrons. The number of nitrogens with one attached hydrogen (secondary N) is 1. The number of imidazole rings is 1. The number of halogens is 1. The van der Waals surface area contributed by atoms with E-state index in [1.54, 1.807) is 0 Å². The van der Waals surface area contributed by atoms with Gasteiger partial charge in [-0.2, -0.15) is 0 Å². The van der Waals surface area contributed by atoms with Crippen LogP contribution in [0.5, 0.6) is 0 Å². The third-order valence-corrected chi connectivity index (χ3v) is 4.30. The van der Waals surface area contributed by atoms with E-state index in [9.17, 15) is 4.79 Å². The number of fused-ring (bicyclic) bond motifs is 1. The van der Waals surface area contributed by atoms with E-state index in [4.69, 9.17) is 23.8 Å². The van der Waals surface area contributed by atoms with E-state index in [2.05, 4.69) is 4.98 Å². The lowest BCUT2D eigenvalue weighted by atomic mass is 10.1. The average molecular weight is 310 g/mol. The largest absolute Gasteiger partial charge is 0.341 e. The van der Waals surface area contributed by atoms with E-state index < -0.39 is 0 Å². The molecule has 1 aromatic heterocycles. The van der Waals surface area contributed by atoms with Crippen molar-refractivity contribution >= 4 is 40.8 Å². The molecule has 6 heteroatoms. The summed E-state index contributed by atoms with van der Waals surface area (Å²) in [6, 6.07) is 5.54. The fraction of sp³-hybridized carbons (Fsp3) is 0.429. The monoisotopic (exact) mass is 309 g/mol. The molecule has 1 aliphatic heterocycles. The Kier molecular flexibility index (Phi) is 3.81. The zero-order valence-corrected chi connectivity index (χ0v) is 12.6. The number of likely N-dealkylation sites (tertiary alicyclic amines) is 1. The van der Waals surface area contributed by atoms with Crippen molar-refractivity contribution in [1.82, 2.24) is 14.5 Å². The zero-order chi connectivity index (χ0) is 14.1. The van der Waals surface area contributed by atoms with Gasteiger partial charge in [-0.05, 0) is 49.7 Å². The van der Waals surface area contributed by atoms with Crippen LogP contribution in [-0.2, 0) is 11.3 Å². The molecule has 1 aromatic carbocycles. The lowest BCUT2D eigenvalue weighted by Crippen LogP contribution is -2.37. The van der Waals surface area contributed by atoms with Crippen molar-refractivity contribution in [1.29, 1.82) is 0 Å². The minimum atomic E-state index is 0.127. The average Bonchev–Trinajstić information content (AvgIpc) is 2.76. The van der Waals surface area contributed by atoms with Crippen LogP contribution >= 0.6 is 23.8 Å². The quantitative estimate of drug-likeness (QED) is 0.864. The fourth-order valence-corrected chi connectivity index (χ4v) is 3.10. The summed E-state index contributed by atoms with van der Waals surface area (Å²) in [7, 11) is 0. The first-order chi connectivity index (χ1) is 9.65. The number of nitrogens with zero attached hydrogens (tertiary/aromatic N) is 2. The summed E-state index contributed by atoms with van der Waals surface area (Å²) in [5.41, 5.74) is 1.79. The van der Waals surface area contributed by atoms with Gasteiger partial charge in [-0.25, -0.2) is 0 Å². The van der Waals surface area contributed by atoms with Crippen LogP contribution in [0.2, 0.25) is 5.02 Å². The number of benzene rings is 1. The van der Waals surface area contributed by atoms with Crippen LogP contribution < -0.4 is 0 Å². The summed E-state index contributed by atoms with van der Waals surface area (Å²) in [6.07, 6.45) is 3.40. The highest BCUT2D eigenvalue weighted by Crippen LogP contribution is 2.20. The van der Waals surface area contributed by atoms with Gasteiger partial charge in [-0.15, -0.1) is 0 Å². The van der Waals surface area contributed by atoms with Gasteiger partial charge >= 0.3 is 0 Å². The normalized spacial score (nSPS) is 15.8. The van der Waals surface area contributed by atoms with E-state index in [-0.39, 0.29) is 12.5 Å². The Labute approximate surface area is 127 Å². The number of hydrogen-bond donors (Lipinski definition) is 1. The van der Waals surface area contributed by atoms with Crippen LogP contribution in [0.25, 0.3) is 11.0 Å². The van der Waals surface area contributed by atoms with Crippen molar-refractivity contribution in [3.05, 3.63) is 28.0 Å². The predicted octanol–water partition coefficient (Wildman–Crippen LogP) is 3.36. The molecule has 1 N–H and O–H groups in total. The Morgan fingerprint density at radius 3 is 2.80 bits per heavy atom. The van der Waals surface area contributed by atoms with Crippen molar-refractivity contribution in [3.63, 3.8) is 0 Å². The van der Waals surface area contributed by atoms with Gasteiger partial charge in [0, 0.05) is 18.1 Å². The summed E-state index contributed by atoms with van der Waals surface area (Å²) in [5.74, 6) is 0.127. The second-order valence-corrected chi connectivity index (χ2v) is 5.94. The molecular weight excluding hydrogens is 294 g/mol. The van der Waals surface area contributed by atoms with E-state index in [0.717, 1.165) is 37.0 Å². The number of H-pyrrole nitrogens is 1. The summed E-state index contributed by atoms with van der Waals surface area (Å²) in [6.45, 7) is 1.99. The number of rotatable bonds is 2. The van der Waals surface area contributed by atoms with Crippen LogP contribution in [-0.4, -0.2) is 33.4 Å². The maximum Gasteiger partial charge on any atom is 0.242 e. The van der Waals surface area contributed by atoms with E-state index in [1.165, 1.54) is 6.42 Å². The van der Waals surface area contributed by atoms with Crippen molar-refractivity contribution < 1.29 is 4.79 Å². The summed E-state index contributed by atoms with van der Waals surface area (Å²) >= 11 is 11.3. The molecule has 2 aromatic rings. The maximum absolute atomic E-state index is 12.4. The van der Waals surface area contributed by atoms with Crippen molar-refractivity contribution in [2.24, 2.45) is 0 Å². The summed E-state index contributed by atoms with van der Waals surface area (Å²) in [5, 5.41) is 0.644. The lowest BCUT2D eigenvalue weighted by molar-refractivity contribution is -0.132. The topological polar surface area (TPSA) is 41.0 Å². The Balaban J connectivity index is 1.90. The van der Waals surface area contributed by atoms with Crippen LogP contribution in [0.4, 0.5) is 0 Å². The minimum Gasteiger partial charge on any atom is -0.341 e. The third kappa shape index (κ3) is 2.60. The SMILES string of the molecule is O=C(Cn1c(=S)[nH]c2ccc(Cl)cc21)N1CCCCC1. The molecule has 0 atom stereocenters. The van der Waals surface area contributed by atoms with Crippen molar-refractivity contribution in [3.8, 4) is 0 Å². The standard InChI is InChI=1S/C14H16ClN3OS/c15-10-4-5-11-12(8-10)18(14(20)16-11)9-13(19)17-6-2-1-3-7-17/h4-5,8H,1-3,6-7,9H2,(H,16,20). The van der Waals surface area contributed by atoms with Gasteiger partial charge in [-0.3, -0.25) is 4.79 Å². The second-order valence-electron chi connectivity index (χ2n) is 5.12. The summed E-state index contributed by atoms with van der Waals surface area (Å²) < 4.78 is 2.39. The number of piperidine rings is 1.